The van der Waals surface area contributed by atoms with E-state index in [9.17, 15) is 9.90 Å². The fourth-order valence-corrected chi connectivity index (χ4v) is 2.74. The van der Waals surface area contributed by atoms with E-state index in [1.165, 1.54) is 0 Å². The van der Waals surface area contributed by atoms with Gasteiger partial charge >= 0.3 is 5.97 Å². The maximum atomic E-state index is 12.2. The Hall–Kier alpha value is -2.23. The summed E-state index contributed by atoms with van der Waals surface area (Å²) in [5.41, 5.74) is 0.762. The van der Waals surface area contributed by atoms with Crippen molar-refractivity contribution in [3.8, 4) is 5.75 Å². The second kappa shape index (κ2) is 6.49. The first-order valence-corrected chi connectivity index (χ1v) is 7.63. The van der Waals surface area contributed by atoms with Gasteiger partial charge in [0.2, 0.25) is 0 Å². The third-order valence-corrected chi connectivity index (χ3v) is 4.08. The van der Waals surface area contributed by atoms with Gasteiger partial charge in [0.05, 0.1) is 0 Å². The Morgan fingerprint density at radius 3 is 2.61 bits per heavy atom. The van der Waals surface area contributed by atoms with Gasteiger partial charge in [0.15, 0.2) is 0 Å². The van der Waals surface area contributed by atoms with Crippen LogP contribution in [0.4, 0.5) is 0 Å². The molecule has 0 aliphatic heterocycles. The van der Waals surface area contributed by atoms with E-state index in [1.807, 2.05) is 12.1 Å². The molecule has 0 aliphatic rings. The number of benzene rings is 3. The number of phenols is 1. The highest BCUT2D eigenvalue weighted by molar-refractivity contribution is 6.35. The second-order valence-electron chi connectivity index (χ2n) is 4.99. The van der Waals surface area contributed by atoms with Gasteiger partial charge in [-0.2, -0.15) is 0 Å². The van der Waals surface area contributed by atoms with E-state index in [-0.39, 0.29) is 17.9 Å². The number of hydrogen-bond donors (Lipinski definition) is 1. The van der Waals surface area contributed by atoms with Crippen LogP contribution in [0.15, 0.2) is 54.6 Å². The molecule has 0 heterocycles. The zero-order chi connectivity index (χ0) is 16.4. The van der Waals surface area contributed by atoms with Gasteiger partial charge < -0.3 is 9.84 Å². The molecule has 0 aliphatic carbocycles. The molecule has 0 atom stereocenters. The topological polar surface area (TPSA) is 46.5 Å². The highest BCUT2D eigenvalue weighted by Crippen LogP contribution is 2.29. The van der Waals surface area contributed by atoms with Crippen molar-refractivity contribution in [1.82, 2.24) is 0 Å². The van der Waals surface area contributed by atoms with Gasteiger partial charge in [0.1, 0.15) is 17.9 Å². The first-order chi connectivity index (χ1) is 11.1. The number of aromatic hydroxyl groups is 1. The zero-order valence-corrected chi connectivity index (χ0v) is 13.4. The number of rotatable bonds is 3. The fraction of sp³-hybridized carbons (Fsp3) is 0.0556. The molecule has 116 valence electrons. The number of hydrogen-bond acceptors (Lipinski definition) is 3. The van der Waals surface area contributed by atoms with Crippen LogP contribution in [0.5, 0.6) is 5.75 Å². The number of carbonyl (C=O) groups is 1. The molecule has 5 heteroatoms. The van der Waals surface area contributed by atoms with Crippen molar-refractivity contribution in [3.63, 3.8) is 0 Å². The number of phenolic OH excluding ortho intramolecular Hbond substituents is 1. The van der Waals surface area contributed by atoms with E-state index in [0.29, 0.717) is 21.0 Å². The van der Waals surface area contributed by atoms with Crippen molar-refractivity contribution in [3.05, 3.63) is 75.8 Å². The first kappa shape index (κ1) is 15.7. The smallest absolute Gasteiger partial charge is 0.342 e. The number of carbonyl (C=O) groups excluding carboxylic acids is 1. The van der Waals surface area contributed by atoms with E-state index < -0.39 is 5.97 Å². The van der Waals surface area contributed by atoms with Crippen LogP contribution in [0.2, 0.25) is 10.0 Å². The maximum Gasteiger partial charge on any atom is 0.342 e. The third kappa shape index (κ3) is 3.26. The highest BCUT2D eigenvalue weighted by atomic mass is 35.5. The molecule has 0 amide bonds. The minimum atomic E-state index is -0.612. The molecular formula is C18H12Cl2O3. The Bertz CT molecular complexity index is 891. The van der Waals surface area contributed by atoms with E-state index >= 15 is 0 Å². The summed E-state index contributed by atoms with van der Waals surface area (Å²) in [5, 5.41) is 12.7. The normalized spacial score (nSPS) is 10.7. The van der Waals surface area contributed by atoms with Gasteiger partial charge in [-0.1, -0.05) is 59.6 Å². The van der Waals surface area contributed by atoms with E-state index in [1.54, 1.807) is 42.5 Å². The van der Waals surface area contributed by atoms with Crippen LogP contribution in [0.1, 0.15) is 15.9 Å². The van der Waals surface area contributed by atoms with Crippen LogP contribution in [-0.4, -0.2) is 11.1 Å². The Morgan fingerprint density at radius 1 is 1.04 bits per heavy atom. The minimum Gasteiger partial charge on any atom is -0.506 e. The lowest BCUT2D eigenvalue weighted by Crippen LogP contribution is -2.06. The van der Waals surface area contributed by atoms with Crippen LogP contribution in [-0.2, 0) is 11.3 Å². The van der Waals surface area contributed by atoms with Gasteiger partial charge in [-0.05, 0) is 23.6 Å². The average molecular weight is 347 g/mol. The molecule has 0 unspecified atom stereocenters. The Balaban J connectivity index is 1.82. The van der Waals surface area contributed by atoms with Crippen molar-refractivity contribution < 1.29 is 14.6 Å². The molecule has 3 aromatic rings. The van der Waals surface area contributed by atoms with Crippen molar-refractivity contribution in [2.45, 2.75) is 6.61 Å². The standard InChI is InChI=1S/C18H12Cl2O3/c19-13-7-5-12(16(20)9-13)10-23-18(22)15-8-6-11-3-1-2-4-14(11)17(15)21/h1-9,21H,10H2. The molecule has 0 saturated carbocycles. The summed E-state index contributed by atoms with van der Waals surface area (Å²) in [6.45, 7) is 0.00109. The molecular weight excluding hydrogens is 335 g/mol. The van der Waals surface area contributed by atoms with Crippen molar-refractivity contribution in [2.24, 2.45) is 0 Å². The average Bonchev–Trinajstić information content (AvgIpc) is 2.54. The quantitative estimate of drug-likeness (QED) is 0.662. The third-order valence-electron chi connectivity index (χ3n) is 3.49. The van der Waals surface area contributed by atoms with E-state index in [4.69, 9.17) is 27.9 Å². The lowest BCUT2D eigenvalue weighted by atomic mass is 10.1. The zero-order valence-electron chi connectivity index (χ0n) is 11.9. The van der Waals surface area contributed by atoms with Crippen molar-refractivity contribution in [1.29, 1.82) is 0 Å². The molecule has 0 bridgehead atoms. The van der Waals surface area contributed by atoms with Crippen molar-refractivity contribution >= 4 is 39.9 Å². The van der Waals surface area contributed by atoms with Gasteiger partial charge in [0.25, 0.3) is 0 Å². The summed E-state index contributed by atoms with van der Waals surface area (Å²) in [6, 6.07) is 15.5. The number of fused-ring (bicyclic) bond motifs is 1. The Labute approximate surface area is 143 Å². The molecule has 0 fully saturated rings. The lowest BCUT2D eigenvalue weighted by Gasteiger charge is -2.09. The predicted octanol–water partition coefficient (Wildman–Crippen LogP) is 5.21. The lowest BCUT2D eigenvalue weighted by molar-refractivity contribution is 0.0470. The molecule has 3 nitrogen and oxygen atoms in total. The molecule has 0 spiro atoms. The summed E-state index contributed by atoms with van der Waals surface area (Å²) < 4.78 is 5.24. The largest absolute Gasteiger partial charge is 0.506 e. The summed E-state index contributed by atoms with van der Waals surface area (Å²) in [5.74, 6) is -0.699. The second-order valence-corrected chi connectivity index (χ2v) is 5.84. The van der Waals surface area contributed by atoms with Gasteiger partial charge in [-0.3, -0.25) is 0 Å². The number of halogens is 2. The molecule has 0 saturated heterocycles. The maximum absolute atomic E-state index is 12.2. The first-order valence-electron chi connectivity index (χ1n) is 6.88. The predicted molar refractivity (Wildman–Crippen MR) is 91.2 cm³/mol. The number of ether oxygens (including phenoxy) is 1. The summed E-state index contributed by atoms with van der Waals surface area (Å²) in [7, 11) is 0. The van der Waals surface area contributed by atoms with Crippen LogP contribution in [0.3, 0.4) is 0 Å². The van der Waals surface area contributed by atoms with Gasteiger partial charge in [-0.15, -0.1) is 0 Å². The molecule has 3 aromatic carbocycles. The summed E-state index contributed by atoms with van der Waals surface area (Å²) in [6.07, 6.45) is 0. The minimum absolute atomic E-state index is 0.00109. The monoisotopic (exact) mass is 346 g/mol. The van der Waals surface area contributed by atoms with E-state index in [0.717, 1.165) is 5.39 Å². The SMILES string of the molecule is O=C(OCc1ccc(Cl)cc1Cl)c1ccc2ccccc2c1O. The van der Waals surface area contributed by atoms with Crippen LogP contribution in [0, 0.1) is 0 Å². The Morgan fingerprint density at radius 2 is 1.83 bits per heavy atom. The highest BCUT2D eigenvalue weighted by Gasteiger charge is 2.15. The fourth-order valence-electron chi connectivity index (χ4n) is 2.28. The van der Waals surface area contributed by atoms with Crippen LogP contribution < -0.4 is 0 Å². The molecule has 3 rings (SSSR count). The molecule has 1 N–H and O–H groups in total. The molecule has 0 aromatic heterocycles. The van der Waals surface area contributed by atoms with Crippen molar-refractivity contribution in [2.75, 3.05) is 0 Å². The van der Waals surface area contributed by atoms with E-state index in [2.05, 4.69) is 0 Å². The Kier molecular flexibility index (Phi) is 4.42. The number of esters is 1. The van der Waals surface area contributed by atoms with Gasteiger partial charge in [0, 0.05) is 21.0 Å². The van der Waals surface area contributed by atoms with Gasteiger partial charge in [-0.25, -0.2) is 4.79 Å². The molecule has 23 heavy (non-hydrogen) atoms. The van der Waals surface area contributed by atoms with Crippen LogP contribution in [0.25, 0.3) is 10.8 Å². The summed E-state index contributed by atoms with van der Waals surface area (Å²) in [4.78, 5) is 12.2. The van der Waals surface area contributed by atoms with Crippen LogP contribution >= 0.6 is 23.2 Å². The molecule has 0 radical (unpaired) electrons. The summed E-state index contributed by atoms with van der Waals surface area (Å²) >= 11 is 11.9.